The highest BCUT2D eigenvalue weighted by atomic mass is 35.5. The fraction of sp³-hybridized carbons (Fsp3) is 0.0588. The van der Waals surface area contributed by atoms with E-state index in [9.17, 15) is 8.42 Å². The van der Waals surface area contributed by atoms with Gasteiger partial charge in [-0.1, -0.05) is 11.6 Å². The van der Waals surface area contributed by atoms with Crippen molar-refractivity contribution in [3.05, 3.63) is 71.4 Å². The number of hydrogen-bond donors (Lipinski definition) is 2. The lowest BCUT2D eigenvalue weighted by Gasteiger charge is -2.08. The topological polar surface area (TPSA) is 62.0 Å². The number of aromatic amines is 1. The van der Waals surface area contributed by atoms with Crippen LogP contribution in [0.4, 0.5) is 11.5 Å². The summed E-state index contributed by atoms with van der Waals surface area (Å²) in [7, 11) is -3.55. The highest BCUT2D eigenvalue weighted by molar-refractivity contribution is 7.91. The van der Waals surface area contributed by atoms with Gasteiger partial charge in [-0.2, -0.15) is 0 Å². The molecule has 23 heavy (non-hydrogen) atoms. The zero-order valence-electron chi connectivity index (χ0n) is 12.4. The Hall–Kier alpha value is -2.24. The summed E-state index contributed by atoms with van der Waals surface area (Å²) in [4.78, 5) is 3.51. The smallest absolute Gasteiger partial charge is 0.206 e. The Kier molecular flexibility index (Phi) is 4.15. The predicted octanol–water partition coefficient (Wildman–Crippen LogP) is 4.55. The third-order valence-electron chi connectivity index (χ3n) is 3.48. The molecule has 2 aromatic carbocycles. The van der Waals surface area contributed by atoms with E-state index in [1.165, 1.54) is 6.07 Å². The van der Waals surface area contributed by atoms with Gasteiger partial charge in [0.15, 0.2) is 0 Å². The van der Waals surface area contributed by atoms with Gasteiger partial charge in [-0.15, -0.1) is 0 Å². The van der Waals surface area contributed by atoms with Crippen molar-refractivity contribution in [1.82, 2.24) is 4.98 Å². The highest BCUT2D eigenvalue weighted by Crippen LogP contribution is 2.26. The Morgan fingerprint density at radius 1 is 1.00 bits per heavy atom. The van der Waals surface area contributed by atoms with Gasteiger partial charge < -0.3 is 10.3 Å². The number of aryl methyl sites for hydroxylation is 1. The molecule has 0 radical (unpaired) electrons. The van der Waals surface area contributed by atoms with Gasteiger partial charge in [0.2, 0.25) is 9.84 Å². The van der Waals surface area contributed by atoms with Crippen LogP contribution in [0.25, 0.3) is 0 Å². The van der Waals surface area contributed by atoms with E-state index in [0.717, 1.165) is 17.1 Å². The van der Waals surface area contributed by atoms with Crippen molar-refractivity contribution < 1.29 is 8.42 Å². The Bertz CT molecular complexity index is 918. The van der Waals surface area contributed by atoms with Gasteiger partial charge >= 0.3 is 0 Å². The van der Waals surface area contributed by atoms with Crippen LogP contribution in [0.1, 0.15) is 5.56 Å². The van der Waals surface area contributed by atoms with Crippen LogP contribution in [-0.4, -0.2) is 13.4 Å². The number of sulfone groups is 1. The molecule has 0 bridgehead atoms. The first-order valence-corrected chi connectivity index (χ1v) is 8.85. The van der Waals surface area contributed by atoms with E-state index in [1.54, 1.807) is 43.3 Å². The SMILES string of the molecule is Cc1cc(S(=O)(=O)c2ccc(Nc3ccc[nH]3)cc2)ccc1Cl. The van der Waals surface area contributed by atoms with E-state index in [2.05, 4.69) is 10.3 Å². The minimum atomic E-state index is -3.55. The lowest BCUT2D eigenvalue weighted by atomic mass is 10.2. The monoisotopic (exact) mass is 346 g/mol. The fourth-order valence-corrected chi connectivity index (χ4v) is 3.66. The molecule has 0 fully saturated rings. The lowest BCUT2D eigenvalue weighted by Crippen LogP contribution is -2.02. The van der Waals surface area contributed by atoms with Crippen molar-refractivity contribution in [3.63, 3.8) is 0 Å². The van der Waals surface area contributed by atoms with Gasteiger partial charge in [0.05, 0.1) is 9.79 Å². The Balaban J connectivity index is 1.89. The molecule has 0 atom stereocenters. The van der Waals surface area contributed by atoms with Crippen LogP contribution in [0.5, 0.6) is 0 Å². The molecule has 0 amide bonds. The Labute approximate surface area is 140 Å². The van der Waals surface area contributed by atoms with Gasteiger partial charge in [-0.3, -0.25) is 0 Å². The second kappa shape index (κ2) is 6.10. The van der Waals surface area contributed by atoms with Crippen molar-refractivity contribution >= 4 is 32.9 Å². The lowest BCUT2D eigenvalue weighted by molar-refractivity contribution is 0.596. The van der Waals surface area contributed by atoms with Crippen LogP contribution in [0.2, 0.25) is 5.02 Å². The van der Waals surface area contributed by atoms with E-state index >= 15 is 0 Å². The highest BCUT2D eigenvalue weighted by Gasteiger charge is 2.18. The maximum absolute atomic E-state index is 12.7. The molecule has 3 rings (SSSR count). The van der Waals surface area contributed by atoms with E-state index in [1.807, 2.05) is 18.3 Å². The van der Waals surface area contributed by atoms with Crippen molar-refractivity contribution in [2.45, 2.75) is 16.7 Å². The van der Waals surface area contributed by atoms with Crippen LogP contribution in [0.3, 0.4) is 0 Å². The Morgan fingerprint density at radius 3 is 2.30 bits per heavy atom. The zero-order valence-corrected chi connectivity index (χ0v) is 13.9. The summed E-state index contributed by atoms with van der Waals surface area (Å²) >= 11 is 5.96. The maximum atomic E-state index is 12.7. The quantitative estimate of drug-likeness (QED) is 0.728. The minimum absolute atomic E-state index is 0.240. The van der Waals surface area contributed by atoms with Crippen molar-refractivity contribution in [2.75, 3.05) is 5.32 Å². The second-order valence-electron chi connectivity index (χ2n) is 5.15. The number of halogens is 1. The van der Waals surface area contributed by atoms with Crippen LogP contribution in [0.15, 0.2) is 70.6 Å². The first-order chi connectivity index (χ1) is 11.0. The average Bonchev–Trinajstić information content (AvgIpc) is 3.03. The van der Waals surface area contributed by atoms with Gasteiger partial charge in [-0.25, -0.2) is 8.42 Å². The molecule has 0 unspecified atom stereocenters. The second-order valence-corrected chi connectivity index (χ2v) is 7.50. The molecule has 0 aliphatic heterocycles. The first-order valence-electron chi connectivity index (χ1n) is 6.98. The molecule has 3 aromatic rings. The van der Waals surface area contributed by atoms with E-state index in [4.69, 9.17) is 11.6 Å². The van der Waals surface area contributed by atoms with Gasteiger partial charge in [0.1, 0.15) is 5.82 Å². The summed E-state index contributed by atoms with van der Waals surface area (Å²) in [5.41, 5.74) is 1.54. The number of aromatic nitrogens is 1. The fourth-order valence-electron chi connectivity index (χ4n) is 2.20. The molecule has 1 heterocycles. The summed E-state index contributed by atoms with van der Waals surface area (Å²) in [6.45, 7) is 1.78. The molecule has 4 nitrogen and oxygen atoms in total. The number of benzene rings is 2. The number of hydrogen-bond acceptors (Lipinski definition) is 3. The van der Waals surface area contributed by atoms with E-state index in [0.29, 0.717) is 5.02 Å². The van der Waals surface area contributed by atoms with Crippen LogP contribution in [0, 0.1) is 6.92 Å². The van der Waals surface area contributed by atoms with Crippen LogP contribution < -0.4 is 5.32 Å². The van der Waals surface area contributed by atoms with Gasteiger partial charge in [0.25, 0.3) is 0 Å². The third-order valence-corrected chi connectivity index (χ3v) is 5.67. The van der Waals surface area contributed by atoms with E-state index < -0.39 is 9.84 Å². The normalized spacial score (nSPS) is 11.4. The zero-order chi connectivity index (χ0) is 16.4. The minimum Gasteiger partial charge on any atom is -0.348 e. The molecule has 118 valence electrons. The molecule has 1 aromatic heterocycles. The molecule has 0 aliphatic rings. The molecule has 0 saturated heterocycles. The first kappa shape index (κ1) is 15.6. The molecule has 0 aliphatic carbocycles. The van der Waals surface area contributed by atoms with E-state index in [-0.39, 0.29) is 9.79 Å². The predicted molar refractivity (Wildman–Crippen MR) is 92.2 cm³/mol. The molecule has 0 saturated carbocycles. The summed E-state index contributed by atoms with van der Waals surface area (Å²) < 4.78 is 25.3. The molecular formula is C17H15ClN2O2S. The summed E-state index contributed by atoms with van der Waals surface area (Å²) in [6.07, 6.45) is 1.81. The van der Waals surface area contributed by atoms with Gasteiger partial charge in [0, 0.05) is 16.9 Å². The Morgan fingerprint density at radius 2 is 1.70 bits per heavy atom. The number of H-pyrrole nitrogens is 1. The van der Waals surface area contributed by atoms with Gasteiger partial charge in [-0.05, 0) is 67.1 Å². The third kappa shape index (κ3) is 3.25. The standard InChI is InChI=1S/C17H15ClN2O2S/c1-12-11-15(8-9-16(12)18)23(21,22)14-6-4-13(5-7-14)20-17-3-2-10-19-17/h2-11,19-20H,1H3. The maximum Gasteiger partial charge on any atom is 0.206 e. The van der Waals surface area contributed by atoms with Crippen molar-refractivity contribution in [2.24, 2.45) is 0 Å². The average molecular weight is 347 g/mol. The summed E-state index contributed by atoms with van der Waals surface area (Å²) in [5.74, 6) is 0.842. The number of anilines is 2. The summed E-state index contributed by atoms with van der Waals surface area (Å²) in [6, 6.07) is 15.1. The van der Waals surface area contributed by atoms with Crippen LogP contribution >= 0.6 is 11.6 Å². The van der Waals surface area contributed by atoms with Crippen LogP contribution in [-0.2, 0) is 9.84 Å². The molecule has 2 N–H and O–H groups in total. The number of rotatable bonds is 4. The number of nitrogens with one attached hydrogen (secondary N) is 2. The largest absolute Gasteiger partial charge is 0.348 e. The molecular weight excluding hydrogens is 332 g/mol. The summed E-state index contributed by atoms with van der Waals surface area (Å²) in [5, 5.41) is 3.70. The molecule has 0 spiro atoms. The van der Waals surface area contributed by atoms with Crippen molar-refractivity contribution in [1.29, 1.82) is 0 Å². The molecule has 6 heteroatoms. The van der Waals surface area contributed by atoms with Crippen molar-refractivity contribution in [3.8, 4) is 0 Å².